The van der Waals surface area contributed by atoms with Gasteiger partial charge >= 0.3 is 0 Å². The molecule has 0 aliphatic carbocycles. The highest BCUT2D eigenvalue weighted by Gasteiger charge is 2.29. The molecule has 1 amide bonds. The molecule has 4 nitrogen and oxygen atoms in total. The van der Waals surface area contributed by atoms with Crippen molar-refractivity contribution in [3.8, 4) is 22.6 Å². The van der Waals surface area contributed by atoms with Crippen LogP contribution in [0.4, 0.5) is 13.2 Å². The molecule has 0 bridgehead atoms. The van der Waals surface area contributed by atoms with Gasteiger partial charge in [0, 0.05) is 24.7 Å². The number of benzene rings is 2. The van der Waals surface area contributed by atoms with E-state index in [9.17, 15) is 18.0 Å². The molecule has 26 heavy (non-hydrogen) atoms. The summed E-state index contributed by atoms with van der Waals surface area (Å²) < 4.78 is 53.9. The smallest absolute Gasteiger partial charge is 0.257 e. The van der Waals surface area contributed by atoms with Gasteiger partial charge in [0.05, 0.1) is 19.8 Å². The molecule has 0 unspecified atom stereocenters. The van der Waals surface area contributed by atoms with Gasteiger partial charge in [-0.05, 0) is 31.5 Å². The van der Waals surface area contributed by atoms with Crippen molar-refractivity contribution in [1.82, 2.24) is 4.90 Å². The Kier molecular flexibility index (Phi) is 5.79. The maximum Gasteiger partial charge on any atom is 0.257 e. The molecular formula is C19H20F3NO3. The normalized spacial score (nSPS) is 10.6. The fourth-order valence-corrected chi connectivity index (χ4v) is 2.58. The van der Waals surface area contributed by atoms with E-state index >= 15 is 0 Å². The van der Waals surface area contributed by atoms with Gasteiger partial charge in [-0.25, -0.2) is 13.2 Å². The first-order valence-corrected chi connectivity index (χ1v) is 7.93. The van der Waals surface area contributed by atoms with Crippen LogP contribution in [0.2, 0.25) is 0 Å². The molecule has 0 heterocycles. The van der Waals surface area contributed by atoms with Gasteiger partial charge in [0.25, 0.3) is 5.91 Å². The minimum Gasteiger partial charge on any atom is -0.493 e. The van der Waals surface area contributed by atoms with Gasteiger partial charge in [0.2, 0.25) is 0 Å². The van der Waals surface area contributed by atoms with Crippen LogP contribution >= 0.6 is 0 Å². The Hall–Kier alpha value is -2.70. The van der Waals surface area contributed by atoms with Crippen LogP contribution in [-0.2, 0) is 0 Å². The minimum absolute atomic E-state index is 0.176. The molecule has 2 rings (SSSR count). The lowest BCUT2D eigenvalue weighted by atomic mass is 9.94. The monoisotopic (exact) mass is 367 g/mol. The summed E-state index contributed by atoms with van der Waals surface area (Å²) in [6.45, 7) is 3.04. The number of hydrogen-bond acceptors (Lipinski definition) is 3. The van der Waals surface area contributed by atoms with E-state index in [1.54, 1.807) is 6.92 Å². The molecule has 0 radical (unpaired) electrons. The number of carbonyl (C=O) groups excluding carboxylic acids is 1. The maximum absolute atomic E-state index is 14.9. The highest BCUT2D eigenvalue weighted by Crippen LogP contribution is 2.38. The number of nitrogens with zero attached hydrogens (tertiary/aromatic N) is 1. The summed E-state index contributed by atoms with van der Waals surface area (Å²) in [6.07, 6.45) is 0. The zero-order chi connectivity index (χ0) is 19.6. The van der Waals surface area contributed by atoms with Gasteiger partial charge in [-0.1, -0.05) is 6.07 Å². The van der Waals surface area contributed by atoms with Gasteiger partial charge < -0.3 is 14.4 Å². The van der Waals surface area contributed by atoms with E-state index in [1.165, 1.54) is 44.4 Å². The summed E-state index contributed by atoms with van der Waals surface area (Å²) in [5, 5.41) is 0. The lowest BCUT2D eigenvalue weighted by molar-refractivity contribution is 0.0797. The van der Waals surface area contributed by atoms with E-state index < -0.39 is 34.5 Å². The van der Waals surface area contributed by atoms with E-state index in [2.05, 4.69) is 0 Å². The van der Waals surface area contributed by atoms with Crippen molar-refractivity contribution in [2.75, 3.05) is 27.8 Å². The van der Waals surface area contributed by atoms with Gasteiger partial charge in [0.15, 0.2) is 23.1 Å². The average Bonchev–Trinajstić information content (AvgIpc) is 2.67. The second-order valence-electron chi connectivity index (χ2n) is 5.71. The summed E-state index contributed by atoms with van der Waals surface area (Å²) in [5.74, 6) is -3.90. The highest BCUT2D eigenvalue weighted by molar-refractivity contribution is 6.01. The molecule has 7 heteroatoms. The Morgan fingerprint density at radius 3 is 2.19 bits per heavy atom. The number of rotatable bonds is 5. The van der Waals surface area contributed by atoms with Crippen LogP contribution in [0.25, 0.3) is 11.1 Å². The van der Waals surface area contributed by atoms with Crippen molar-refractivity contribution in [3.05, 3.63) is 46.8 Å². The van der Waals surface area contributed by atoms with Crippen LogP contribution in [0.5, 0.6) is 11.5 Å². The molecule has 0 fully saturated rings. The third-order valence-corrected chi connectivity index (χ3v) is 4.25. The second-order valence-corrected chi connectivity index (χ2v) is 5.71. The van der Waals surface area contributed by atoms with Gasteiger partial charge in [-0.2, -0.15) is 0 Å². The summed E-state index contributed by atoms with van der Waals surface area (Å²) >= 11 is 0. The molecule has 140 valence electrons. The number of halogens is 3. The Morgan fingerprint density at radius 1 is 1.04 bits per heavy atom. The van der Waals surface area contributed by atoms with Crippen LogP contribution in [0.15, 0.2) is 18.2 Å². The first kappa shape index (κ1) is 19.6. The summed E-state index contributed by atoms with van der Waals surface area (Å²) in [6, 6.07) is 4.37. The van der Waals surface area contributed by atoms with Crippen LogP contribution in [0.1, 0.15) is 22.8 Å². The van der Waals surface area contributed by atoms with Crippen LogP contribution in [0, 0.1) is 24.4 Å². The molecule has 2 aromatic rings. The van der Waals surface area contributed by atoms with Crippen molar-refractivity contribution < 1.29 is 27.4 Å². The standard InChI is InChI=1S/C19H20F3NO3/c1-6-23(3)19(24)15-14(16(20)10(2)17(21)18(15)22)11-7-8-12(25-4)13(9-11)26-5/h7-9H,6H2,1-5H3. The molecule has 0 atom stereocenters. The fraction of sp³-hybridized carbons (Fsp3) is 0.316. The molecule has 0 saturated carbocycles. The minimum atomic E-state index is -1.38. The van der Waals surface area contributed by atoms with Gasteiger partial charge in [0.1, 0.15) is 5.82 Å². The summed E-state index contributed by atoms with van der Waals surface area (Å²) in [7, 11) is 4.26. The average molecular weight is 367 g/mol. The molecule has 0 N–H and O–H groups in total. The van der Waals surface area contributed by atoms with Crippen molar-refractivity contribution in [2.24, 2.45) is 0 Å². The highest BCUT2D eigenvalue weighted by atomic mass is 19.2. The summed E-state index contributed by atoms with van der Waals surface area (Å²) in [4.78, 5) is 13.8. The number of ether oxygens (including phenoxy) is 2. The van der Waals surface area contributed by atoms with Gasteiger partial charge in [-0.15, -0.1) is 0 Å². The number of amides is 1. The zero-order valence-corrected chi connectivity index (χ0v) is 15.2. The second kappa shape index (κ2) is 7.68. The molecular weight excluding hydrogens is 347 g/mol. The Labute approximate surface area is 150 Å². The first-order chi connectivity index (χ1) is 12.3. The van der Waals surface area contributed by atoms with Crippen molar-refractivity contribution >= 4 is 5.91 Å². The van der Waals surface area contributed by atoms with E-state index in [0.29, 0.717) is 5.75 Å². The molecule has 0 saturated heterocycles. The number of methoxy groups -OCH3 is 2. The third-order valence-electron chi connectivity index (χ3n) is 4.25. The SMILES string of the molecule is CCN(C)C(=O)c1c(F)c(F)c(C)c(F)c1-c1ccc(OC)c(OC)c1. The molecule has 0 aromatic heterocycles. The maximum atomic E-state index is 14.9. The van der Waals surface area contributed by atoms with Crippen LogP contribution in [0.3, 0.4) is 0 Å². The van der Waals surface area contributed by atoms with E-state index in [1.807, 2.05) is 0 Å². The lowest BCUT2D eigenvalue weighted by Crippen LogP contribution is -2.28. The summed E-state index contributed by atoms with van der Waals surface area (Å²) in [5.41, 5.74) is -1.28. The molecule has 0 aliphatic rings. The quantitative estimate of drug-likeness (QED) is 0.744. The molecule has 0 aliphatic heterocycles. The third kappa shape index (κ3) is 3.21. The Balaban J connectivity index is 2.85. The van der Waals surface area contributed by atoms with Crippen molar-refractivity contribution in [2.45, 2.75) is 13.8 Å². The largest absolute Gasteiger partial charge is 0.493 e. The lowest BCUT2D eigenvalue weighted by Gasteiger charge is -2.20. The van der Waals surface area contributed by atoms with Crippen molar-refractivity contribution in [3.63, 3.8) is 0 Å². The Bertz CT molecular complexity index is 853. The zero-order valence-electron chi connectivity index (χ0n) is 15.2. The van der Waals surface area contributed by atoms with Crippen molar-refractivity contribution in [1.29, 1.82) is 0 Å². The molecule has 2 aromatic carbocycles. The van der Waals surface area contributed by atoms with E-state index in [-0.39, 0.29) is 23.4 Å². The topological polar surface area (TPSA) is 38.8 Å². The van der Waals surface area contributed by atoms with Crippen LogP contribution < -0.4 is 9.47 Å². The van der Waals surface area contributed by atoms with E-state index in [4.69, 9.17) is 9.47 Å². The van der Waals surface area contributed by atoms with Crippen LogP contribution in [-0.4, -0.2) is 38.6 Å². The predicted molar refractivity (Wildman–Crippen MR) is 92.2 cm³/mol. The van der Waals surface area contributed by atoms with E-state index in [0.717, 1.165) is 6.92 Å². The molecule has 0 spiro atoms. The predicted octanol–water partition coefficient (Wildman–Crippen LogP) is 4.19. The Morgan fingerprint density at radius 2 is 1.65 bits per heavy atom. The first-order valence-electron chi connectivity index (χ1n) is 7.93. The van der Waals surface area contributed by atoms with Gasteiger partial charge in [-0.3, -0.25) is 4.79 Å². The fourth-order valence-electron chi connectivity index (χ4n) is 2.58. The number of hydrogen-bond donors (Lipinski definition) is 0. The number of carbonyl (C=O) groups is 1.